The molecule has 2 amide bonds. The van der Waals surface area contributed by atoms with E-state index >= 15 is 0 Å². The molecule has 0 saturated heterocycles. The zero-order valence-electron chi connectivity index (χ0n) is 15.6. The van der Waals surface area contributed by atoms with Gasteiger partial charge in [-0.05, 0) is 31.5 Å². The number of carbonyl (C=O) groups excluding carboxylic acids is 2. The largest absolute Gasteiger partial charge is 0.418 e. The van der Waals surface area contributed by atoms with Crippen molar-refractivity contribution in [1.29, 1.82) is 0 Å². The standard InChI is InChI=1S/C20H22F3N3O2/c1-3-26(19(28)18(24)14-10-8-13(2)9-11-14)12-17(27)25-16-7-5-4-6-15(16)20(21,22)23/h4-11,18H,3,12,24H2,1-2H3,(H,25,27). The lowest BCUT2D eigenvalue weighted by atomic mass is 10.0. The number of amides is 2. The number of nitrogens with zero attached hydrogens (tertiary/aromatic N) is 1. The Bertz CT molecular complexity index is 835. The van der Waals surface area contributed by atoms with Crippen LogP contribution in [0.3, 0.4) is 0 Å². The zero-order chi connectivity index (χ0) is 20.9. The van der Waals surface area contributed by atoms with Crippen molar-refractivity contribution in [2.75, 3.05) is 18.4 Å². The molecule has 0 fully saturated rings. The molecular formula is C20H22F3N3O2. The first-order valence-electron chi connectivity index (χ1n) is 8.70. The molecule has 0 aliphatic rings. The number of nitrogens with one attached hydrogen (secondary N) is 1. The lowest BCUT2D eigenvalue weighted by Gasteiger charge is -2.24. The van der Waals surface area contributed by atoms with Gasteiger partial charge >= 0.3 is 6.18 Å². The lowest BCUT2D eigenvalue weighted by molar-refractivity contribution is -0.137. The molecular weight excluding hydrogens is 371 g/mol. The van der Waals surface area contributed by atoms with Gasteiger partial charge in [-0.3, -0.25) is 9.59 Å². The van der Waals surface area contributed by atoms with Crippen LogP contribution >= 0.6 is 0 Å². The van der Waals surface area contributed by atoms with Crippen LogP contribution in [0.5, 0.6) is 0 Å². The summed E-state index contributed by atoms with van der Waals surface area (Å²) in [7, 11) is 0. The third-order valence-electron chi connectivity index (χ3n) is 4.24. The topological polar surface area (TPSA) is 75.4 Å². The van der Waals surface area contributed by atoms with E-state index in [1.165, 1.54) is 17.0 Å². The Labute approximate surface area is 161 Å². The molecule has 2 aromatic carbocycles. The van der Waals surface area contributed by atoms with Crippen molar-refractivity contribution in [3.63, 3.8) is 0 Å². The van der Waals surface area contributed by atoms with Crippen molar-refractivity contribution in [3.05, 3.63) is 65.2 Å². The summed E-state index contributed by atoms with van der Waals surface area (Å²) in [5.41, 5.74) is 6.30. The molecule has 0 saturated carbocycles. The number of likely N-dealkylation sites (N-methyl/N-ethyl adjacent to an activating group) is 1. The van der Waals surface area contributed by atoms with E-state index in [0.717, 1.165) is 17.7 Å². The van der Waals surface area contributed by atoms with Gasteiger partial charge < -0.3 is 16.0 Å². The minimum Gasteiger partial charge on any atom is -0.332 e. The molecule has 28 heavy (non-hydrogen) atoms. The summed E-state index contributed by atoms with van der Waals surface area (Å²) in [6.45, 7) is 3.35. The van der Waals surface area contributed by atoms with Gasteiger partial charge in [0.25, 0.3) is 0 Å². The Morgan fingerprint density at radius 1 is 1.11 bits per heavy atom. The second-order valence-corrected chi connectivity index (χ2v) is 6.33. The van der Waals surface area contributed by atoms with Crippen LogP contribution in [0.4, 0.5) is 18.9 Å². The van der Waals surface area contributed by atoms with Crippen LogP contribution < -0.4 is 11.1 Å². The normalized spacial score (nSPS) is 12.4. The number of aryl methyl sites for hydroxylation is 1. The van der Waals surface area contributed by atoms with E-state index in [1.54, 1.807) is 19.1 Å². The molecule has 150 valence electrons. The number of halogens is 3. The highest BCUT2D eigenvalue weighted by molar-refractivity contribution is 5.96. The maximum absolute atomic E-state index is 13.0. The maximum atomic E-state index is 13.0. The van der Waals surface area contributed by atoms with Crippen molar-refractivity contribution in [2.24, 2.45) is 5.73 Å². The Morgan fingerprint density at radius 2 is 1.71 bits per heavy atom. The molecule has 0 spiro atoms. The van der Waals surface area contributed by atoms with Crippen LogP contribution in [0.25, 0.3) is 0 Å². The minimum absolute atomic E-state index is 0.187. The molecule has 8 heteroatoms. The number of anilines is 1. The van der Waals surface area contributed by atoms with Crippen LogP contribution in [-0.2, 0) is 15.8 Å². The molecule has 0 bridgehead atoms. The van der Waals surface area contributed by atoms with Crippen LogP contribution in [0.2, 0.25) is 0 Å². The molecule has 0 radical (unpaired) electrons. The molecule has 0 heterocycles. The van der Waals surface area contributed by atoms with Crippen molar-refractivity contribution in [3.8, 4) is 0 Å². The average Bonchev–Trinajstić information content (AvgIpc) is 2.65. The first kappa shape index (κ1) is 21.4. The second-order valence-electron chi connectivity index (χ2n) is 6.33. The first-order chi connectivity index (χ1) is 13.1. The second kappa shape index (κ2) is 8.88. The van der Waals surface area contributed by atoms with E-state index in [0.29, 0.717) is 5.56 Å². The molecule has 1 unspecified atom stereocenters. The van der Waals surface area contributed by atoms with E-state index in [-0.39, 0.29) is 12.2 Å². The third-order valence-corrected chi connectivity index (χ3v) is 4.24. The van der Waals surface area contributed by atoms with Gasteiger partial charge in [0.2, 0.25) is 11.8 Å². The number of hydrogen-bond donors (Lipinski definition) is 2. The number of alkyl halides is 3. The van der Waals surface area contributed by atoms with Gasteiger partial charge in [0.05, 0.1) is 17.8 Å². The predicted octanol–water partition coefficient (Wildman–Crippen LogP) is 3.50. The van der Waals surface area contributed by atoms with Crippen LogP contribution in [0.15, 0.2) is 48.5 Å². The quantitative estimate of drug-likeness (QED) is 0.789. The fourth-order valence-electron chi connectivity index (χ4n) is 2.66. The van der Waals surface area contributed by atoms with Crippen molar-refractivity contribution >= 4 is 17.5 Å². The molecule has 0 aliphatic carbocycles. The van der Waals surface area contributed by atoms with Gasteiger partial charge in [-0.15, -0.1) is 0 Å². The van der Waals surface area contributed by atoms with Crippen molar-refractivity contribution in [1.82, 2.24) is 4.90 Å². The highest BCUT2D eigenvalue weighted by Crippen LogP contribution is 2.34. The predicted molar refractivity (Wildman–Crippen MR) is 100 cm³/mol. The zero-order valence-corrected chi connectivity index (χ0v) is 15.6. The molecule has 5 nitrogen and oxygen atoms in total. The summed E-state index contributed by atoms with van der Waals surface area (Å²) in [4.78, 5) is 26.1. The summed E-state index contributed by atoms with van der Waals surface area (Å²) in [5, 5.41) is 2.23. The molecule has 2 rings (SSSR count). The van der Waals surface area contributed by atoms with Crippen molar-refractivity contribution in [2.45, 2.75) is 26.1 Å². The van der Waals surface area contributed by atoms with Gasteiger partial charge in [-0.2, -0.15) is 13.2 Å². The van der Waals surface area contributed by atoms with Gasteiger partial charge in [0, 0.05) is 6.54 Å². The molecule has 3 N–H and O–H groups in total. The smallest absolute Gasteiger partial charge is 0.332 e. The monoisotopic (exact) mass is 393 g/mol. The number of rotatable bonds is 6. The molecule has 0 aromatic heterocycles. The van der Waals surface area contributed by atoms with E-state index in [4.69, 9.17) is 5.73 Å². The highest BCUT2D eigenvalue weighted by Gasteiger charge is 2.33. The number of para-hydroxylation sites is 1. The Kier molecular flexibility index (Phi) is 6.80. The summed E-state index contributed by atoms with van der Waals surface area (Å²) >= 11 is 0. The van der Waals surface area contributed by atoms with Gasteiger partial charge in [0.15, 0.2) is 0 Å². The minimum atomic E-state index is -4.60. The summed E-state index contributed by atoms with van der Waals surface area (Å²) in [5.74, 6) is -1.21. The number of nitrogens with two attached hydrogens (primary N) is 1. The summed E-state index contributed by atoms with van der Waals surface area (Å²) in [6.07, 6.45) is -4.60. The maximum Gasteiger partial charge on any atom is 0.418 e. The van der Waals surface area contributed by atoms with Gasteiger partial charge in [-0.25, -0.2) is 0 Å². The van der Waals surface area contributed by atoms with Crippen LogP contribution in [0.1, 0.15) is 29.7 Å². The van der Waals surface area contributed by atoms with Crippen molar-refractivity contribution < 1.29 is 22.8 Å². The number of benzene rings is 2. The summed E-state index contributed by atoms with van der Waals surface area (Å²) in [6, 6.07) is 10.8. The third kappa shape index (κ3) is 5.32. The molecule has 1 atom stereocenters. The average molecular weight is 393 g/mol. The molecule has 0 aliphatic heterocycles. The summed E-state index contributed by atoms with van der Waals surface area (Å²) < 4.78 is 39.1. The van der Waals surface area contributed by atoms with E-state index in [1.807, 2.05) is 19.1 Å². The van der Waals surface area contributed by atoms with Crippen LogP contribution in [-0.4, -0.2) is 29.8 Å². The molecule has 2 aromatic rings. The van der Waals surface area contributed by atoms with Gasteiger partial charge in [0.1, 0.15) is 6.04 Å². The highest BCUT2D eigenvalue weighted by atomic mass is 19.4. The Balaban J connectivity index is 2.09. The fraction of sp³-hybridized carbons (Fsp3) is 0.300. The Morgan fingerprint density at radius 3 is 2.29 bits per heavy atom. The fourth-order valence-corrected chi connectivity index (χ4v) is 2.66. The number of hydrogen-bond acceptors (Lipinski definition) is 3. The first-order valence-corrected chi connectivity index (χ1v) is 8.70. The van der Waals surface area contributed by atoms with E-state index in [9.17, 15) is 22.8 Å². The SMILES string of the molecule is CCN(CC(=O)Nc1ccccc1C(F)(F)F)C(=O)C(N)c1ccc(C)cc1. The Hall–Kier alpha value is -2.87. The number of carbonyl (C=O) groups is 2. The van der Waals surface area contributed by atoms with E-state index in [2.05, 4.69) is 5.32 Å². The van der Waals surface area contributed by atoms with Crippen LogP contribution in [0, 0.1) is 6.92 Å². The van der Waals surface area contributed by atoms with E-state index < -0.39 is 36.1 Å². The lowest BCUT2D eigenvalue weighted by Crippen LogP contribution is -2.42. The van der Waals surface area contributed by atoms with Gasteiger partial charge in [-0.1, -0.05) is 42.0 Å².